The summed E-state index contributed by atoms with van der Waals surface area (Å²) in [5.74, 6) is -1.20. The van der Waals surface area contributed by atoms with E-state index in [-0.39, 0.29) is 30.9 Å². The largest absolute Gasteiger partial charge is 0.481 e. The lowest BCUT2D eigenvalue weighted by atomic mass is 9.98. The maximum absolute atomic E-state index is 12.5. The van der Waals surface area contributed by atoms with Gasteiger partial charge in [0.15, 0.2) is 0 Å². The van der Waals surface area contributed by atoms with Gasteiger partial charge in [-0.3, -0.25) is 9.59 Å². The van der Waals surface area contributed by atoms with Crippen LogP contribution in [-0.4, -0.2) is 41.8 Å². The van der Waals surface area contributed by atoms with Crippen LogP contribution >= 0.6 is 0 Å². The Balaban J connectivity index is 1.53. The number of carbonyl (C=O) groups excluding carboxylic acids is 2. The van der Waals surface area contributed by atoms with Crippen molar-refractivity contribution in [2.45, 2.75) is 57.5 Å². The van der Waals surface area contributed by atoms with E-state index in [9.17, 15) is 14.4 Å². The minimum atomic E-state index is -0.855. The van der Waals surface area contributed by atoms with Crippen LogP contribution in [0.25, 0.3) is 11.1 Å². The summed E-state index contributed by atoms with van der Waals surface area (Å²) in [6, 6.07) is 15.3. The Bertz CT molecular complexity index is 929. The molecular formula is C25H30N2O5. The van der Waals surface area contributed by atoms with E-state index in [0.29, 0.717) is 19.3 Å². The number of amides is 2. The number of hydrogen-bond donors (Lipinski definition) is 3. The fourth-order valence-corrected chi connectivity index (χ4v) is 4.11. The molecule has 2 aromatic rings. The zero-order valence-electron chi connectivity index (χ0n) is 18.5. The van der Waals surface area contributed by atoms with E-state index in [0.717, 1.165) is 22.3 Å². The van der Waals surface area contributed by atoms with Crippen LogP contribution in [0.15, 0.2) is 48.5 Å². The fraction of sp³-hybridized carbons (Fsp3) is 0.400. The lowest BCUT2D eigenvalue weighted by molar-refractivity contribution is -0.137. The molecule has 170 valence electrons. The van der Waals surface area contributed by atoms with Crippen molar-refractivity contribution in [1.82, 2.24) is 10.6 Å². The summed E-state index contributed by atoms with van der Waals surface area (Å²) in [6.45, 7) is 3.81. The molecule has 1 aliphatic carbocycles. The Morgan fingerprint density at radius 2 is 1.59 bits per heavy atom. The highest BCUT2D eigenvalue weighted by Gasteiger charge is 2.29. The molecule has 2 aromatic carbocycles. The predicted molar refractivity (Wildman–Crippen MR) is 121 cm³/mol. The molecule has 7 heteroatoms. The first-order chi connectivity index (χ1) is 15.4. The van der Waals surface area contributed by atoms with Crippen molar-refractivity contribution in [2.75, 3.05) is 6.61 Å². The number of hydrogen-bond acceptors (Lipinski definition) is 4. The van der Waals surface area contributed by atoms with Crippen molar-refractivity contribution in [3.8, 4) is 11.1 Å². The lowest BCUT2D eigenvalue weighted by Gasteiger charge is -2.21. The van der Waals surface area contributed by atoms with Gasteiger partial charge in [0.05, 0.1) is 0 Å². The van der Waals surface area contributed by atoms with E-state index >= 15 is 0 Å². The van der Waals surface area contributed by atoms with Gasteiger partial charge in [-0.1, -0.05) is 55.5 Å². The van der Waals surface area contributed by atoms with Crippen molar-refractivity contribution in [1.29, 1.82) is 0 Å². The number of fused-ring (bicyclic) bond motifs is 3. The van der Waals surface area contributed by atoms with E-state index in [1.807, 2.05) is 38.1 Å². The average molecular weight is 439 g/mol. The van der Waals surface area contributed by atoms with Gasteiger partial charge in [0, 0.05) is 18.4 Å². The van der Waals surface area contributed by atoms with Gasteiger partial charge in [0.2, 0.25) is 5.91 Å². The van der Waals surface area contributed by atoms with Gasteiger partial charge in [-0.2, -0.15) is 0 Å². The van der Waals surface area contributed by atoms with Crippen molar-refractivity contribution in [3.63, 3.8) is 0 Å². The molecule has 0 fully saturated rings. The van der Waals surface area contributed by atoms with Crippen LogP contribution in [0, 0.1) is 0 Å². The van der Waals surface area contributed by atoms with E-state index in [2.05, 4.69) is 34.9 Å². The summed E-state index contributed by atoms with van der Waals surface area (Å²) in [5, 5.41) is 14.2. The number of nitrogens with one attached hydrogen (secondary N) is 2. The monoisotopic (exact) mass is 438 g/mol. The lowest BCUT2D eigenvalue weighted by Crippen LogP contribution is -2.49. The maximum atomic E-state index is 12.5. The van der Waals surface area contributed by atoms with E-state index in [1.165, 1.54) is 0 Å². The molecule has 32 heavy (non-hydrogen) atoms. The zero-order valence-corrected chi connectivity index (χ0v) is 18.5. The number of carbonyl (C=O) groups is 3. The molecule has 0 aromatic heterocycles. The van der Waals surface area contributed by atoms with Crippen LogP contribution in [0.4, 0.5) is 4.79 Å². The molecule has 0 bridgehead atoms. The number of carboxylic acids is 1. The number of rotatable bonds is 10. The maximum Gasteiger partial charge on any atom is 0.407 e. The Morgan fingerprint density at radius 1 is 1.00 bits per heavy atom. The zero-order chi connectivity index (χ0) is 23.1. The van der Waals surface area contributed by atoms with Crippen molar-refractivity contribution in [3.05, 3.63) is 59.7 Å². The van der Waals surface area contributed by atoms with Crippen molar-refractivity contribution >= 4 is 18.0 Å². The molecule has 1 unspecified atom stereocenters. The molecule has 2 atom stereocenters. The summed E-state index contributed by atoms with van der Waals surface area (Å²) < 4.78 is 5.52. The highest BCUT2D eigenvalue weighted by atomic mass is 16.5. The Labute approximate surface area is 188 Å². The molecular weight excluding hydrogens is 408 g/mol. The number of carboxylic acid groups (broad SMARTS) is 1. The van der Waals surface area contributed by atoms with E-state index in [4.69, 9.17) is 9.84 Å². The highest BCUT2D eigenvalue weighted by molar-refractivity contribution is 5.86. The van der Waals surface area contributed by atoms with Gasteiger partial charge in [-0.25, -0.2) is 4.79 Å². The summed E-state index contributed by atoms with van der Waals surface area (Å²) in [4.78, 5) is 35.6. The number of benzene rings is 2. The van der Waals surface area contributed by atoms with Crippen molar-refractivity contribution < 1.29 is 24.2 Å². The van der Waals surface area contributed by atoms with Crippen LogP contribution in [0.2, 0.25) is 0 Å². The molecule has 0 saturated heterocycles. The van der Waals surface area contributed by atoms with Gasteiger partial charge in [0.1, 0.15) is 12.6 Å². The second-order valence-electron chi connectivity index (χ2n) is 8.13. The SMILES string of the molecule is CC[C@@H](NC(=O)OCC1c2ccccc2-c2ccccc21)C(=O)NC(C)CCCC(=O)O. The predicted octanol–water partition coefficient (Wildman–Crippen LogP) is 4.06. The van der Waals surface area contributed by atoms with Gasteiger partial charge in [0.25, 0.3) is 0 Å². The van der Waals surface area contributed by atoms with Gasteiger partial charge in [-0.05, 0) is 48.4 Å². The van der Waals surface area contributed by atoms with Gasteiger partial charge in [-0.15, -0.1) is 0 Å². The number of alkyl carbamates (subject to hydrolysis) is 1. The molecule has 7 nitrogen and oxygen atoms in total. The van der Waals surface area contributed by atoms with Crippen LogP contribution < -0.4 is 10.6 Å². The summed E-state index contributed by atoms with van der Waals surface area (Å²) in [6.07, 6.45) is 0.882. The smallest absolute Gasteiger partial charge is 0.407 e. The third-order valence-electron chi connectivity index (χ3n) is 5.78. The molecule has 3 N–H and O–H groups in total. The van der Waals surface area contributed by atoms with Crippen LogP contribution in [0.3, 0.4) is 0 Å². The van der Waals surface area contributed by atoms with Crippen LogP contribution in [0.5, 0.6) is 0 Å². The first-order valence-corrected chi connectivity index (χ1v) is 11.0. The topological polar surface area (TPSA) is 105 Å². The number of aliphatic carboxylic acids is 1. The first kappa shape index (κ1) is 23.3. The van der Waals surface area contributed by atoms with Crippen LogP contribution in [-0.2, 0) is 14.3 Å². The second kappa shape index (κ2) is 10.8. The first-order valence-electron chi connectivity index (χ1n) is 11.0. The molecule has 2 amide bonds. The summed E-state index contributed by atoms with van der Waals surface area (Å²) >= 11 is 0. The average Bonchev–Trinajstić information content (AvgIpc) is 3.09. The third kappa shape index (κ3) is 5.66. The van der Waals surface area contributed by atoms with E-state index in [1.54, 1.807) is 0 Å². The second-order valence-corrected chi connectivity index (χ2v) is 8.13. The molecule has 1 aliphatic rings. The van der Waals surface area contributed by atoms with Gasteiger partial charge >= 0.3 is 12.1 Å². The highest BCUT2D eigenvalue weighted by Crippen LogP contribution is 2.44. The summed E-state index contributed by atoms with van der Waals surface area (Å²) in [7, 11) is 0. The molecule has 0 spiro atoms. The Hall–Kier alpha value is -3.35. The van der Waals surface area contributed by atoms with Gasteiger partial charge < -0.3 is 20.5 Å². The molecule has 0 aliphatic heterocycles. The Kier molecular flexibility index (Phi) is 7.87. The minimum absolute atomic E-state index is 0.0451. The number of ether oxygens (including phenoxy) is 1. The van der Waals surface area contributed by atoms with E-state index < -0.39 is 18.1 Å². The fourth-order valence-electron chi connectivity index (χ4n) is 4.11. The van der Waals surface area contributed by atoms with Crippen molar-refractivity contribution in [2.24, 2.45) is 0 Å². The Morgan fingerprint density at radius 3 is 2.16 bits per heavy atom. The molecule has 0 saturated carbocycles. The normalized spacial score (nSPS) is 14.1. The third-order valence-corrected chi connectivity index (χ3v) is 5.78. The molecule has 0 radical (unpaired) electrons. The molecule has 0 heterocycles. The quantitative estimate of drug-likeness (QED) is 0.519. The minimum Gasteiger partial charge on any atom is -0.481 e. The van der Waals surface area contributed by atoms with Crippen LogP contribution in [0.1, 0.15) is 56.6 Å². The standard InChI is InChI=1S/C25H30N2O5/c1-3-22(24(30)26-16(2)9-8-14-23(28)29)27-25(31)32-15-21-19-12-6-4-10-17(19)18-11-5-7-13-20(18)21/h4-7,10-13,16,21-22H,3,8-9,14-15H2,1-2H3,(H,26,30)(H,27,31)(H,28,29)/t16?,22-/m1/s1. The summed E-state index contributed by atoms with van der Waals surface area (Å²) in [5.41, 5.74) is 4.56. The molecule has 3 rings (SSSR count).